The van der Waals surface area contributed by atoms with E-state index in [2.05, 4.69) is 130 Å². The highest BCUT2D eigenvalue weighted by Crippen LogP contribution is 2.48. The number of fused-ring (bicyclic) bond motifs is 7. The first-order chi connectivity index (χ1) is 30.7. The molecule has 0 aliphatic rings. The van der Waals surface area contributed by atoms with E-state index in [1.807, 2.05) is 97.1 Å². The molecule has 11 aromatic rings. The van der Waals surface area contributed by atoms with Gasteiger partial charge in [-0.25, -0.2) is 0 Å². The second kappa shape index (κ2) is 14.7. The minimum atomic E-state index is 0.382. The van der Waals surface area contributed by atoms with Crippen LogP contribution in [0.5, 0.6) is 0 Å². The number of rotatable bonds is 6. The maximum atomic E-state index is 11.2. The van der Waals surface area contributed by atoms with Crippen LogP contribution in [0.3, 0.4) is 0 Å². The fourth-order valence-electron chi connectivity index (χ4n) is 9.42. The number of hydrogen-bond donors (Lipinski definition) is 0. The average molecular weight is 788 g/mol. The van der Waals surface area contributed by atoms with E-state index in [1.54, 1.807) is 0 Å². The van der Waals surface area contributed by atoms with Crippen LogP contribution in [-0.4, -0.2) is 9.13 Å². The number of hydrogen-bond acceptors (Lipinski definition) is 3. The van der Waals surface area contributed by atoms with Crippen molar-refractivity contribution in [1.29, 1.82) is 15.8 Å². The normalized spacial score (nSPS) is 11.2. The summed E-state index contributed by atoms with van der Waals surface area (Å²) in [5.74, 6) is 0. The van der Waals surface area contributed by atoms with Crippen molar-refractivity contribution in [3.8, 4) is 74.1 Å². The molecule has 9 aromatic carbocycles. The Morgan fingerprint density at radius 3 is 1.44 bits per heavy atom. The standard InChI is InChI=1S/C57H33N5/c58-34-40-31-39(47-32-46(37-17-5-1-6-18-37)50(35-59)54(51(47)36-60)38-19-7-2-8-20-38)29-30-43(40)48-33-49-44-25-13-15-27-52(44)61(41-21-9-3-10-22-41)56(49)57-55(48)45-26-14-16-28-53(45)62(57)42-23-11-4-12-24-42/h1-33H. The third-order valence-electron chi connectivity index (χ3n) is 12.0. The second-order valence-corrected chi connectivity index (χ2v) is 15.3. The fraction of sp³-hybridized carbons (Fsp3) is 0. The Kier molecular flexibility index (Phi) is 8.57. The van der Waals surface area contributed by atoms with Gasteiger partial charge < -0.3 is 9.13 Å². The van der Waals surface area contributed by atoms with Gasteiger partial charge in [0.05, 0.1) is 44.8 Å². The smallest absolute Gasteiger partial charge is 0.100 e. The number of nitriles is 3. The highest BCUT2D eigenvalue weighted by Gasteiger charge is 2.26. The molecule has 0 saturated carbocycles. The van der Waals surface area contributed by atoms with Crippen LogP contribution in [0.25, 0.3) is 99.5 Å². The maximum Gasteiger partial charge on any atom is 0.100 e. The monoisotopic (exact) mass is 787 g/mol. The second-order valence-electron chi connectivity index (χ2n) is 15.3. The average Bonchev–Trinajstić information content (AvgIpc) is 3.87. The first kappa shape index (κ1) is 36.2. The number of aromatic nitrogens is 2. The summed E-state index contributed by atoms with van der Waals surface area (Å²) in [6, 6.07) is 75.1. The first-order valence-corrected chi connectivity index (χ1v) is 20.5. The molecule has 5 nitrogen and oxygen atoms in total. The van der Waals surface area contributed by atoms with Gasteiger partial charge in [0.2, 0.25) is 0 Å². The Labute approximate surface area is 358 Å². The molecule has 286 valence electrons. The molecule has 0 amide bonds. The van der Waals surface area contributed by atoms with E-state index in [-0.39, 0.29) is 0 Å². The largest absolute Gasteiger partial charge is 0.307 e. The van der Waals surface area contributed by atoms with Crippen LogP contribution in [0.2, 0.25) is 0 Å². The predicted molar refractivity (Wildman–Crippen MR) is 251 cm³/mol. The van der Waals surface area contributed by atoms with Gasteiger partial charge in [0.15, 0.2) is 0 Å². The molecule has 0 aliphatic carbocycles. The summed E-state index contributed by atoms with van der Waals surface area (Å²) in [6.07, 6.45) is 0. The zero-order chi connectivity index (χ0) is 41.7. The van der Waals surface area contributed by atoms with E-state index in [0.717, 1.165) is 82.8 Å². The van der Waals surface area contributed by atoms with E-state index in [4.69, 9.17) is 0 Å². The molecule has 0 unspecified atom stereocenters. The van der Waals surface area contributed by atoms with E-state index >= 15 is 0 Å². The lowest BCUT2D eigenvalue weighted by Crippen LogP contribution is -1.99. The van der Waals surface area contributed by atoms with Crippen molar-refractivity contribution in [1.82, 2.24) is 9.13 Å². The quantitative estimate of drug-likeness (QED) is 0.168. The van der Waals surface area contributed by atoms with Gasteiger partial charge in [0.1, 0.15) is 12.1 Å². The molecule has 0 bridgehead atoms. The molecule has 11 rings (SSSR count). The lowest BCUT2D eigenvalue weighted by Gasteiger charge is -2.18. The minimum Gasteiger partial charge on any atom is -0.307 e. The third-order valence-corrected chi connectivity index (χ3v) is 12.0. The number of benzene rings is 9. The zero-order valence-corrected chi connectivity index (χ0v) is 33.3. The van der Waals surface area contributed by atoms with Crippen LogP contribution in [0.4, 0.5) is 0 Å². The highest BCUT2D eigenvalue weighted by atomic mass is 15.0. The van der Waals surface area contributed by atoms with E-state index in [9.17, 15) is 15.8 Å². The predicted octanol–water partition coefficient (Wildman–Crippen LogP) is 14.2. The van der Waals surface area contributed by atoms with E-state index in [1.165, 1.54) is 0 Å². The SMILES string of the molecule is N#Cc1cc(-c2cc(-c3ccccc3)c(C#N)c(-c3ccccc3)c2C#N)ccc1-c1cc2c3ccccc3n(-c3ccccc3)c2c2c1c1ccccc1n2-c1ccccc1. The Balaban J connectivity index is 1.25. The molecule has 0 spiro atoms. The lowest BCUT2D eigenvalue weighted by atomic mass is 9.83. The van der Waals surface area contributed by atoms with Gasteiger partial charge in [-0.15, -0.1) is 0 Å². The Morgan fingerprint density at radius 2 is 0.839 bits per heavy atom. The molecule has 0 atom stereocenters. The van der Waals surface area contributed by atoms with Crippen molar-refractivity contribution in [2.24, 2.45) is 0 Å². The van der Waals surface area contributed by atoms with Crippen LogP contribution in [-0.2, 0) is 0 Å². The van der Waals surface area contributed by atoms with Crippen LogP contribution >= 0.6 is 0 Å². The summed E-state index contributed by atoms with van der Waals surface area (Å²) in [5, 5.41) is 37.0. The fourth-order valence-corrected chi connectivity index (χ4v) is 9.42. The minimum absolute atomic E-state index is 0.382. The van der Waals surface area contributed by atoms with Crippen molar-refractivity contribution in [3.63, 3.8) is 0 Å². The molecular weight excluding hydrogens is 755 g/mol. The number of nitrogens with zero attached hydrogens (tertiary/aromatic N) is 5. The van der Waals surface area contributed by atoms with E-state index in [0.29, 0.717) is 33.4 Å². The summed E-state index contributed by atoms with van der Waals surface area (Å²) in [5.41, 5.74) is 13.7. The maximum absolute atomic E-state index is 11.2. The molecule has 62 heavy (non-hydrogen) atoms. The molecule has 0 saturated heterocycles. The molecule has 5 heteroatoms. The van der Waals surface area contributed by atoms with Crippen molar-refractivity contribution < 1.29 is 0 Å². The van der Waals surface area contributed by atoms with Gasteiger partial charge >= 0.3 is 0 Å². The van der Waals surface area contributed by atoms with Crippen LogP contribution in [0.15, 0.2) is 200 Å². The zero-order valence-electron chi connectivity index (χ0n) is 33.3. The van der Waals surface area contributed by atoms with Crippen LogP contribution in [0, 0.1) is 34.0 Å². The summed E-state index contributed by atoms with van der Waals surface area (Å²) >= 11 is 0. The summed E-state index contributed by atoms with van der Waals surface area (Å²) in [4.78, 5) is 0. The van der Waals surface area contributed by atoms with Gasteiger partial charge in [-0.3, -0.25) is 0 Å². The topological polar surface area (TPSA) is 81.2 Å². The van der Waals surface area contributed by atoms with Gasteiger partial charge in [0, 0.05) is 55.2 Å². The molecule has 0 N–H and O–H groups in total. The van der Waals surface area contributed by atoms with Crippen molar-refractivity contribution >= 4 is 43.6 Å². The lowest BCUT2D eigenvalue weighted by molar-refractivity contribution is 1.15. The molecule has 2 heterocycles. The molecule has 0 aliphatic heterocycles. The number of para-hydroxylation sites is 4. The Bertz CT molecular complexity index is 3690. The van der Waals surface area contributed by atoms with Crippen molar-refractivity contribution in [2.75, 3.05) is 0 Å². The van der Waals surface area contributed by atoms with Crippen LogP contribution in [0.1, 0.15) is 16.7 Å². The molecule has 0 radical (unpaired) electrons. The Morgan fingerprint density at radius 1 is 0.339 bits per heavy atom. The van der Waals surface area contributed by atoms with Crippen molar-refractivity contribution in [3.05, 3.63) is 217 Å². The molecule has 2 aromatic heterocycles. The van der Waals surface area contributed by atoms with E-state index < -0.39 is 0 Å². The first-order valence-electron chi connectivity index (χ1n) is 20.5. The van der Waals surface area contributed by atoms with Gasteiger partial charge in [-0.2, -0.15) is 15.8 Å². The van der Waals surface area contributed by atoms with Gasteiger partial charge in [-0.05, 0) is 76.9 Å². The molecular formula is C57H33N5. The highest BCUT2D eigenvalue weighted by molar-refractivity contribution is 6.28. The molecule has 0 fully saturated rings. The van der Waals surface area contributed by atoms with Gasteiger partial charge in [-0.1, -0.05) is 146 Å². The summed E-state index contributed by atoms with van der Waals surface area (Å²) in [6.45, 7) is 0. The summed E-state index contributed by atoms with van der Waals surface area (Å²) < 4.78 is 4.73. The third kappa shape index (κ3) is 5.53. The Hall–Kier alpha value is -8.95. The van der Waals surface area contributed by atoms with Crippen molar-refractivity contribution in [2.45, 2.75) is 0 Å². The van der Waals surface area contributed by atoms with Crippen LogP contribution < -0.4 is 0 Å². The van der Waals surface area contributed by atoms with Gasteiger partial charge in [0.25, 0.3) is 0 Å². The summed E-state index contributed by atoms with van der Waals surface area (Å²) in [7, 11) is 0.